The number of fused-ring (bicyclic) bond motifs is 1. The number of ether oxygens (including phenoxy) is 2. The van der Waals surface area contributed by atoms with Crippen LogP contribution in [0.5, 0.6) is 17.2 Å². The van der Waals surface area contributed by atoms with Gasteiger partial charge < -0.3 is 9.47 Å². The van der Waals surface area contributed by atoms with E-state index in [-0.39, 0.29) is 5.56 Å². The minimum atomic E-state index is -3.27. The van der Waals surface area contributed by atoms with Gasteiger partial charge in [-0.05, 0) is 48.5 Å². The van der Waals surface area contributed by atoms with Crippen molar-refractivity contribution in [2.24, 2.45) is 0 Å². The molecule has 0 spiro atoms. The van der Waals surface area contributed by atoms with E-state index in [1.165, 1.54) is 17.4 Å². The van der Waals surface area contributed by atoms with E-state index < -0.39 is 17.3 Å². The van der Waals surface area contributed by atoms with Crippen LogP contribution in [0.2, 0.25) is 0 Å². The Hall–Kier alpha value is -2.84. The minimum absolute atomic E-state index is 0.171. The molecule has 1 heterocycles. The quantitative estimate of drug-likeness (QED) is 0.169. The zero-order valence-corrected chi connectivity index (χ0v) is 19.8. The average Bonchev–Trinajstić information content (AvgIpc) is 3.15. The van der Waals surface area contributed by atoms with Crippen LogP contribution in [-0.2, 0) is 5.92 Å². The third-order valence-corrected chi connectivity index (χ3v) is 6.38. The zero-order valence-electron chi connectivity index (χ0n) is 17.4. The standard InChI is InChI=1S/C25H18BrF3O3S/c1-25(28,29)21-13-16(27)3-9-19(21)24-23(20-8-2-15(14-30)12-22(20)33-24)32-18-6-4-17(5-7-18)31-11-10-26/h2-9,12-14H,10-11H2,1H3. The molecule has 4 aromatic rings. The first-order valence-corrected chi connectivity index (χ1v) is 11.9. The number of aldehydes is 1. The molecule has 0 unspecified atom stereocenters. The number of carbonyl (C=O) groups is 1. The predicted octanol–water partition coefficient (Wildman–Crippen LogP) is 8.20. The fourth-order valence-electron chi connectivity index (χ4n) is 3.40. The molecule has 0 N–H and O–H groups in total. The van der Waals surface area contributed by atoms with E-state index in [0.29, 0.717) is 56.0 Å². The average molecular weight is 535 g/mol. The van der Waals surface area contributed by atoms with Crippen molar-refractivity contribution in [2.75, 3.05) is 11.9 Å². The Kier molecular flexibility index (Phi) is 6.76. The summed E-state index contributed by atoms with van der Waals surface area (Å²) in [6.45, 7) is 1.24. The Bertz CT molecular complexity index is 1300. The van der Waals surface area contributed by atoms with Crippen LogP contribution in [0.25, 0.3) is 20.5 Å². The van der Waals surface area contributed by atoms with Crippen LogP contribution in [0.1, 0.15) is 22.8 Å². The molecule has 0 aliphatic heterocycles. The van der Waals surface area contributed by atoms with E-state index in [1.807, 2.05) is 0 Å². The lowest BCUT2D eigenvalue weighted by molar-refractivity contribution is 0.0178. The zero-order chi connectivity index (χ0) is 23.6. The first-order valence-electron chi connectivity index (χ1n) is 9.97. The highest BCUT2D eigenvalue weighted by Crippen LogP contribution is 2.49. The molecule has 0 saturated heterocycles. The van der Waals surface area contributed by atoms with Gasteiger partial charge in [0.05, 0.1) is 11.5 Å². The van der Waals surface area contributed by atoms with E-state index in [0.717, 1.165) is 19.1 Å². The molecule has 33 heavy (non-hydrogen) atoms. The largest absolute Gasteiger partial charge is 0.493 e. The summed E-state index contributed by atoms with van der Waals surface area (Å²) < 4.78 is 55.0. The van der Waals surface area contributed by atoms with E-state index in [2.05, 4.69) is 15.9 Å². The molecule has 0 aliphatic rings. The van der Waals surface area contributed by atoms with Crippen LogP contribution >= 0.6 is 27.3 Å². The molecule has 170 valence electrons. The van der Waals surface area contributed by atoms with E-state index in [4.69, 9.17) is 9.47 Å². The summed E-state index contributed by atoms with van der Waals surface area (Å²) in [6, 6.07) is 15.3. The second-order valence-corrected chi connectivity index (χ2v) is 9.17. The molecule has 0 atom stereocenters. The van der Waals surface area contributed by atoms with Gasteiger partial charge in [-0.2, -0.15) is 0 Å². The van der Waals surface area contributed by atoms with Crippen molar-refractivity contribution in [2.45, 2.75) is 12.8 Å². The third kappa shape index (κ3) is 5.07. The molecule has 0 bridgehead atoms. The van der Waals surface area contributed by atoms with Gasteiger partial charge in [0.15, 0.2) is 5.75 Å². The second-order valence-electron chi connectivity index (χ2n) is 7.32. The van der Waals surface area contributed by atoms with Crippen molar-refractivity contribution in [3.8, 4) is 27.7 Å². The van der Waals surface area contributed by atoms with Gasteiger partial charge in [0.25, 0.3) is 5.92 Å². The Morgan fingerprint density at radius 2 is 1.76 bits per heavy atom. The molecule has 0 amide bonds. The number of carbonyl (C=O) groups excluding carboxylic acids is 1. The monoisotopic (exact) mass is 534 g/mol. The topological polar surface area (TPSA) is 35.5 Å². The first kappa shape index (κ1) is 23.3. The summed E-state index contributed by atoms with van der Waals surface area (Å²) in [5.74, 6) is -2.51. The molecular formula is C25H18BrF3O3S. The lowest BCUT2D eigenvalue weighted by Crippen LogP contribution is -2.09. The normalized spacial score (nSPS) is 11.5. The Morgan fingerprint density at radius 3 is 2.42 bits per heavy atom. The van der Waals surface area contributed by atoms with E-state index in [9.17, 15) is 18.0 Å². The van der Waals surface area contributed by atoms with Gasteiger partial charge in [0, 0.05) is 39.0 Å². The Balaban J connectivity index is 1.86. The second kappa shape index (κ2) is 9.57. The molecule has 3 aromatic carbocycles. The van der Waals surface area contributed by atoms with Crippen LogP contribution in [0.15, 0.2) is 60.7 Å². The molecule has 3 nitrogen and oxygen atoms in total. The summed E-state index contributed by atoms with van der Waals surface area (Å²) >= 11 is 4.51. The van der Waals surface area contributed by atoms with Gasteiger partial charge in [-0.1, -0.05) is 28.1 Å². The van der Waals surface area contributed by atoms with Gasteiger partial charge in [0.1, 0.15) is 23.6 Å². The summed E-state index contributed by atoms with van der Waals surface area (Å²) in [5.41, 5.74) is 0.188. The number of rotatable bonds is 8. The van der Waals surface area contributed by atoms with Gasteiger partial charge in [0.2, 0.25) is 0 Å². The summed E-state index contributed by atoms with van der Waals surface area (Å²) in [5, 5.41) is 1.36. The van der Waals surface area contributed by atoms with Crippen molar-refractivity contribution in [3.63, 3.8) is 0 Å². The maximum atomic E-state index is 14.4. The minimum Gasteiger partial charge on any atom is -0.493 e. The number of hydrogen-bond acceptors (Lipinski definition) is 4. The van der Waals surface area contributed by atoms with Gasteiger partial charge in [-0.3, -0.25) is 4.79 Å². The van der Waals surface area contributed by atoms with Crippen LogP contribution in [0.4, 0.5) is 13.2 Å². The van der Waals surface area contributed by atoms with Crippen molar-refractivity contribution in [1.29, 1.82) is 0 Å². The van der Waals surface area contributed by atoms with E-state index in [1.54, 1.807) is 42.5 Å². The van der Waals surface area contributed by atoms with Gasteiger partial charge >= 0.3 is 0 Å². The number of alkyl halides is 3. The van der Waals surface area contributed by atoms with Crippen LogP contribution in [-0.4, -0.2) is 18.2 Å². The number of thiophene rings is 1. The highest BCUT2D eigenvalue weighted by molar-refractivity contribution is 9.09. The van der Waals surface area contributed by atoms with Crippen molar-refractivity contribution in [3.05, 3.63) is 77.6 Å². The molecular weight excluding hydrogens is 517 g/mol. The summed E-state index contributed by atoms with van der Waals surface area (Å²) in [7, 11) is 0. The Labute approximate surface area is 200 Å². The smallest absolute Gasteiger partial charge is 0.271 e. The number of halogens is 4. The fourth-order valence-corrected chi connectivity index (χ4v) is 4.78. The third-order valence-electron chi connectivity index (χ3n) is 4.89. The molecule has 0 radical (unpaired) electrons. The van der Waals surface area contributed by atoms with Crippen LogP contribution in [0, 0.1) is 5.82 Å². The maximum absolute atomic E-state index is 14.4. The lowest BCUT2D eigenvalue weighted by Gasteiger charge is -2.16. The molecule has 8 heteroatoms. The highest BCUT2D eigenvalue weighted by atomic mass is 79.9. The summed E-state index contributed by atoms with van der Waals surface area (Å²) in [6.07, 6.45) is 0.717. The number of hydrogen-bond donors (Lipinski definition) is 0. The van der Waals surface area contributed by atoms with Gasteiger partial charge in [-0.25, -0.2) is 13.2 Å². The fraction of sp³-hybridized carbons (Fsp3) is 0.160. The number of benzene rings is 3. The predicted molar refractivity (Wildman–Crippen MR) is 128 cm³/mol. The lowest BCUT2D eigenvalue weighted by atomic mass is 10.00. The highest BCUT2D eigenvalue weighted by Gasteiger charge is 2.31. The van der Waals surface area contributed by atoms with E-state index >= 15 is 0 Å². The van der Waals surface area contributed by atoms with Crippen molar-refractivity contribution < 1.29 is 27.4 Å². The Morgan fingerprint density at radius 1 is 1.03 bits per heavy atom. The van der Waals surface area contributed by atoms with Crippen molar-refractivity contribution >= 4 is 43.6 Å². The molecule has 4 rings (SSSR count). The van der Waals surface area contributed by atoms with Crippen molar-refractivity contribution in [1.82, 2.24) is 0 Å². The van der Waals surface area contributed by atoms with Gasteiger partial charge in [-0.15, -0.1) is 11.3 Å². The van der Waals surface area contributed by atoms with Crippen LogP contribution < -0.4 is 9.47 Å². The maximum Gasteiger partial charge on any atom is 0.271 e. The van der Waals surface area contributed by atoms with Crippen LogP contribution in [0.3, 0.4) is 0 Å². The molecule has 1 aromatic heterocycles. The SMILES string of the molecule is CC(F)(F)c1cc(F)ccc1-c1sc2cc(C=O)ccc2c1Oc1ccc(OCCBr)cc1. The molecule has 0 saturated carbocycles. The summed E-state index contributed by atoms with van der Waals surface area (Å²) in [4.78, 5) is 11.7. The molecule has 0 fully saturated rings. The molecule has 0 aliphatic carbocycles. The first-order chi connectivity index (χ1) is 15.8.